The van der Waals surface area contributed by atoms with Crippen molar-refractivity contribution in [1.82, 2.24) is 4.90 Å². The summed E-state index contributed by atoms with van der Waals surface area (Å²) in [4.78, 5) is 37.9. The number of imide groups is 1. The summed E-state index contributed by atoms with van der Waals surface area (Å²) in [7, 11) is 0. The molecule has 1 aliphatic heterocycles. The Morgan fingerprint density at radius 1 is 0.963 bits per heavy atom. The summed E-state index contributed by atoms with van der Waals surface area (Å²) in [5, 5.41) is 0. The summed E-state index contributed by atoms with van der Waals surface area (Å²) < 4.78 is 5.56. The number of amides is 2. The number of hydrogen-bond donors (Lipinski definition) is 0. The third-order valence-corrected chi connectivity index (χ3v) is 4.68. The molecule has 5 nitrogen and oxygen atoms in total. The quantitative estimate of drug-likeness (QED) is 0.529. The molecule has 0 spiro atoms. The minimum Gasteiger partial charge on any atom is -0.462 e. The fraction of sp³-hybridized carbons (Fsp3) is 0.318. The van der Waals surface area contributed by atoms with Crippen LogP contribution in [0.5, 0.6) is 0 Å². The molecule has 0 saturated carbocycles. The lowest BCUT2D eigenvalue weighted by molar-refractivity contribution is -0.149. The Kier molecular flexibility index (Phi) is 6.01. The van der Waals surface area contributed by atoms with Gasteiger partial charge in [0.05, 0.1) is 11.1 Å². The molecule has 1 atom stereocenters. The highest BCUT2D eigenvalue weighted by molar-refractivity contribution is 6.21. The van der Waals surface area contributed by atoms with Crippen LogP contribution >= 0.6 is 0 Å². The summed E-state index contributed by atoms with van der Waals surface area (Å²) in [5.41, 5.74) is 2.01. The molecule has 1 aliphatic rings. The second-order valence-corrected chi connectivity index (χ2v) is 6.60. The van der Waals surface area contributed by atoms with Crippen LogP contribution in [0, 0.1) is 0 Å². The molecule has 0 bridgehead atoms. The summed E-state index contributed by atoms with van der Waals surface area (Å²) in [6, 6.07) is 16.7. The van der Waals surface area contributed by atoms with E-state index in [0.717, 1.165) is 5.56 Å². The zero-order valence-electron chi connectivity index (χ0n) is 15.4. The van der Waals surface area contributed by atoms with E-state index in [0.29, 0.717) is 43.4 Å². The molecule has 0 aliphatic carbocycles. The van der Waals surface area contributed by atoms with Gasteiger partial charge in [0.25, 0.3) is 11.8 Å². The van der Waals surface area contributed by atoms with Gasteiger partial charge in [0.1, 0.15) is 6.10 Å². The van der Waals surface area contributed by atoms with Crippen LogP contribution in [0.4, 0.5) is 0 Å². The van der Waals surface area contributed by atoms with Crippen LogP contribution in [-0.2, 0) is 16.0 Å². The Morgan fingerprint density at radius 2 is 1.56 bits per heavy atom. The second kappa shape index (κ2) is 8.62. The fourth-order valence-electron chi connectivity index (χ4n) is 3.27. The van der Waals surface area contributed by atoms with Crippen molar-refractivity contribution in [3.05, 3.63) is 71.3 Å². The van der Waals surface area contributed by atoms with Crippen LogP contribution in [0.25, 0.3) is 0 Å². The second-order valence-electron chi connectivity index (χ2n) is 6.60. The average Bonchev–Trinajstić information content (AvgIpc) is 2.93. The Hall–Kier alpha value is -2.95. The molecule has 2 amide bonds. The summed E-state index contributed by atoms with van der Waals surface area (Å²) in [5.74, 6) is -0.738. The van der Waals surface area contributed by atoms with Gasteiger partial charge in [0.15, 0.2) is 0 Å². The van der Waals surface area contributed by atoms with Crippen molar-refractivity contribution in [3.63, 3.8) is 0 Å². The molecule has 0 saturated heterocycles. The number of esters is 1. The first-order valence-electron chi connectivity index (χ1n) is 9.28. The topological polar surface area (TPSA) is 63.7 Å². The van der Waals surface area contributed by atoms with Gasteiger partial charge in [-0.1, -0.05) is 49.4 Å². The number of hydrogen-bond acceptors (Lipinski definition) is 4. The standard InChI is InChI=1S/C22H23NO4/c1-2-20(24)27-17(15-16-9-4-3-5-10-16)11-8-14-23-21(25)18-12-6-7-13-19(18)22(23)26/h3-7,9-10,12-13,17H,2,8,11,14-15H2,1H3. The highest BCUT2D eigenvalue weighted by atomic mass is 16.5. The Labute approximate surface area is 158 Å². The molecule has 5 heteroatoms. The van der Waals surface area contributed by atoms with Crippen LogP contribution in [0.3, 0.4) is 0 Å². The minimum atomic E-state index is -0.268. The van der Waals surface area contributed by atoms with E-state index in [1.54, 1.807) is 31.2 Å². The SMILES string of the molecule is CCC(=O)OC(CCCN1C(=O)c2ccccc2C1=O)Cc1ccccc1. The first kappa shape index (κ1) is 18.8. The van der Waals surface area contributed by atoms with Gasteiger partial charge in [-0.15, -0.1) is 0 Å². The van der Waals surface area contributed by atoms with E-state index in [2.05, 4.69) is 0 Å². The fourth-order valence-corrected chi connectivity index (χ4v) is 3.27. The Balaban J connectivity index is 1.60. The number of carbonyl (C=O) groups excluding carboxylic acids is 3. The van der Waals surface area contributed by atoms with E-state index in [-0.39, 0.29) is 23.9 Å². The van der Waals surface area contributed by atoms with E-state index in [1.165, 1.54) is 4.90 Å². The highest BCUT2D eigenvalue weighted by Gasteiger charge is 2.34. The van der Waals surface area contributed by atoms with Crippen molar-refractivity contribution >= 4 is 17.8 Å². The monoisotopic (exact) mass is 365 g/mol. The lowest BCUT2D eigenvalue weighted by Gasteiger charge is -2.20. The van der Waals surface area contributed by atoms with E-state index in [1.807, 2.05) is 30.3 Å². The average molecular weight is 365 g/mol. The summed E-state index contributed by atoms with van der Waals surface area (Å²) in [6.07, 6.45) is 1.85. The van der Waals surface area contributed by atoms with Gasteiger partial charge in [0, 0.05) is 19.4 Å². The van der Waals surface area contributed by atoms with Gasteiger partial charge < -0.3 is 4.74 Å². The van der Waals surface area contributed by atoms with E-state index in [9.17, 15) is 14.4 Å². The van der Waals surface area contributed by atoms with Crippen molar-refractivity contribution in [2.45, 2.75) is 38.7 Å². The first-order chi connectivity index (χ1) is 13.1. The molecule has 0 N–H and O–H groups in total. The van der Waals surface area contributed by atoms with Gasteiger partial charge in [-0.05, 0) is 30.5 Å². The molecule has 0 aromatic heterocycles. The van der Waals surface area contributed by atoms with Gasteiger partial charge in [0.2, 0.25) is 0 Å². The van der Waals surface area contributed by atoms with Gasteiger partial charge >= 0.3 is 5.97 Å². The Morgan fingerprint density at radius 3 is 2.15 bits per heavy atom. The first-order valence-corrected chi connectivity index (χ1v) is 9.28. The number of carbonyl (C=O) groups is 3. The lowest BCUT2D eigenvalue weighted by Crippen LogP contribution is -2.31. The van der Waals surface area contributed by atoms with Crippen molar-refractivity contribution < 1.29 is 19.1 Å². The lowest BCUT2D eigenvalue weighted by atomic mass is 10.0. The van der Waals surface area contributed by atoms with Crippen molar-refractivity contribution in [1.29, 1.82) is 0 Å². The van der Waals surface area contributed by atoms with Gasteiger partial charge in [-0.25, -0.2) is 0 Å². The summed E-state index contributed by atoms with van der Waals surface area (Å²) >= 11 is 0. The zero-order valence-corrected chi connectivity index (χ0v) is 15.4. The number of nitrogens with zero attached hydrogens (tertiary/aromatic N) is 1. The molecule has 0 radical (unpaired) electrons. The highest BCUT2D eigenvalue weighted by Crippen LogP contribution is 2.23. The molecule has 1 unspecified atom stereocenters. The molecule has 140 valence electrons. The van der Waals surface area contributed by atoms with Gasteiger partial charge in [-0.3, -0.25) is 19.3 Å². The van der Waals surface area contributed by atoms with Crippen LogP contribution in [-0.4, -0.2) is 35.3 Å². The molecule has 2 aromatic rings. The minimum absolute atomic E-state index is 0.239. The molecule has 27 heavy (non-hydrogen) atoms. The van der Waals surface area contributed by atoms with Crippen molar-refractivity contribution in [2.24, 2.45) is 0 Å². The van der Waals surface area contributed by atoms with E-state index >= 15 is 0 Å². The largest absolute Gasteiger partial charge is 0.462 e. The maximum Gasteiger partial charge on any atom is 0.305 e. The maximum absolute atomic E-state index is 12.4. The normalized spacial score (nSPS) is 14.2. The molecule has 0 fully saturated rings. The zero-order chi connectivity index (χ0) is 19.2. The van der Waals surface area contributed by atoms with Crippen LogP contribution in [0.1, 0.15) is 52.5 Å². The molecule has 2 aromatic carbocycles. The van der Waals surface area contributed by atoms with E-state index in [4.69, 9.17) is 4.74 Å². The van der Waals surface area contributed by atoms with Crippen LogP contribution in [0.2, 0.25) is 0 Å². The molecular formula is C22H23NO4. The number of rotatable bonds is 8. The maximum atomic E-state index is 12.4. The van der Waals surface area contributed by atoms with Crippen LogP contribution < -0.4 is 0 Å². The molecular weight excluding hydrogens is 342 g/mol. The molecule has 1 heterocycles. The Bertz CT molecular complexity index is 796. The van der Waals surface area contributed by atoms with Crippen molar-refractivity contribution in [3.8, 4) is 0 Å². The third kappa shape index (κ3) is 4.42. The number of ether oxygens (including phenoxy) is 1. The number of benzene rings is 2. The summed E-state index contributed by atoms with van der Waals surface area (Å²) in [6.45, 7) is 2.09. The van der Waals surface area contributed by atoms with Gasteiger partial charge in [-0.2, -0.15) is 0 Å². The molecule has 3 rings (SSSR count). The third-order valence-electron chi connectivity index (χ3n) is 4.68. The van der Waals surface area contributed by atoms with Crippen LogP contribution in [0.15, 0.2) is 54.6 Å². The smallest absolute Gasteiger partial charge is 0.305 e. The van der Waals surface area contributed by atoms with Crippen molar-refractivity contribution in [2.75, 3.05) is 6.54 Å². The predicted octanol–water partition coefficient (Wildman–Crippen LogP) is 3.63. The predicted molar refractivity (Wildman–Crippen MR) is 101 cm³/mol. The van der Waals surface area contributed by atoms with E-state index < -0.39 is 0 Å². The number of fused-ring (bicyclic) bond motifs is 1.